The molecule has 1 saturated heterocycles. The summed E-state index contributed by atoms with van der Waals surface area (Å²) in [5.74, 6) is 0.569. The highest BCUT2D eigenvalue weighted by atomic mass is 32.2. The number of ether oxygens (including phenoxy) is 1. The summed E-state index contributed by atoms with van der Waals surface area (Å²) in [6.45, 7) is 3.60. The fourth-order valence-electron chi connectivity index (χ4n) is 2.97. The minimum Gasteiger partial charge on any atom is -0.494 e. The van der Waals surface area contributed by atoms with E-state index in [4.69, 9.17) is 10.5 Å². The van der Waals surface area contributed by atoms with Crippen molar-refractivity contribution in [3.63, 3.8) is 0 Å². The van der Waals surface area contributed by atoms with Crippen LogP contribution >= 0.6 is 0 Å². The fourth-order valence-corrected chi connectivity index (χ4v) is 4.01. The van der Waals surface area contributed by atoms with E-state index >= 15 is 0 Å². The summed E-state index contributed by atoms with van der Waals surface area (Å²) >= 11 is 0. The number of hydrogen-bond acceptors (Lipinski definition) is 5. The van der Waals surface area contributed by atoms with E-state index in [1.807, 2.05) is 6.92 Å². The van der Waals surface area contributed by atoms with Gasteiger partial charge in [0.1, 0.15) is 5.75 Å². The lowest BCUT2D eigenvalue weighted by Crippen LogP contribution is -2.48. The van der Waals surface area contributed by atoms with Crippen LogP contribution in [0.15, 0.2) is 29.2 Å². The van der Waals surface area contributed by atoms with Gasteiger partial charge in [-0.2, -0.15) is 0 Å². The van der Waals surface area contributed by atoms with E-state index in [1.54, 1.807) is 17.0 Å². The predicted octanol–water partition coefficient (Wildman–Crippen LogP) is 1.09. The van der Waals surface area contributed by atoms with Crippen molar-refractivity contribution in [1.29, 1.82) is 0 Å². The first-order chi connectivity index (χ1) is 12.0. The molecule has 140 valence electrons. The van der Waals surface area contributed by atoms with Crippen molar-refractivity contribution in [1.82, 2.24) is 9.62 Å². The number of nitrogens with two attached hydrogens (primary N) is 1. The topological polar surface area (TPSA) is 102 Å². The molecule has 0 saturated carbocycles. The van der Waals surface area contributed by atoms with E-state index in [-0.39, 0.29) is 29.8 Å². The van der Waals surface area contributed by atoms with Crippen LogP contribution in [0.25, 0.3) is 0 Å². The molecule has 2 rings (SSSR count). The molecule has 8 heteroatoms. The van der Waals surface area contributed by atoms with E-state index in [1.165, 1.54) is 12.1 Å². The molecule has 0 aromatic heterocycles. The number of benzene rings is 1. The van der Waals surface area contributed by atoms with Gasteiger partial charge in [-0.3, -0.25) is 4.79 Å². The first-order valence-electron chi connectivity index (χ1n) is 8.70. The van der Waals surface area contributed by atoms with E-state index in [9.17, 15) is 13.2 Å². The number of nitrogens with one attached hydrogen (secondary N) is 1. The minimum atomic E-state index is -3.64. The number of amides is 1. The van der Waals surface area contributed by atoms with Crippen LogP contribution in [0, 0.1) is 0 Å². The molecule has 0 radical (unpaired) electrons. The molecule has 1 heterocycles. The third-order valence-electron chi connectivity index (χ3n) is 4.30. The predicted molar refractivity (Wildman–Crippen MR) is 95.8 cm³/mol. The third-order valence-corrected chi connectivity index (χ3v) is 5.77. The highest BCUT2D eigenvalue weighted by Crippen LogP contribution is 2.18. The molecule has 3 N–H and O–H groups in total. The highest BCUT2D eigenvalue weighted by Gasteiger charge is 2.25. The van der Waals surface area contributed by atoms with Crippen molar-refractivity contribution in [2.24, 2.45) is 5.73 Å². The van der Waals surface area contributed by atoms with Crippen LogP contribution in [0.4, 0.5) is 0 Å². The molecule has 1 aromatic rings. The molecule has 0 bridgehead atoms. The normalized spacial score (nSPS) is 18.2. The maximum absolute atomic E-state index is 12.3. The summed E-state index contributed by atoms with van der Waals surface area (Å²) in [7, 11) is -3.64. The average Bonchev–Trinajstić information content (AvgIpc) is 2.62. The quantitative estimate of drug-likeness (QED) is 0.714. The van der Waals surface area contributed by atoms with Crippen LogP contribution in [-0.4, -0.2) is 51.5 Å². The molecular weight excluding hydrogens is 342 g/mol. The maximum atomic E-state index is 12.3. The Kier molecular flexibility index (Phi) is 7.22. The number of sulfonamides is 1. The van der Waals surface area contributed by atoms with Crippen LogP contribution in [0.2, 0.25) is 0 Å². The second kappa shape index (κ2) is 9.17. The van der Waals surface area contributed by atoms with Gasteiger partial charge in [-0.25, -0.2) is 13.1 Å². The zero-order valence-electron chi connectivity index (χ0n) is 14.6. The van der Waals surface area contributed by atoms with Gasteiger partial charge in [0.05, 0.1) is 11.5 Å². The SMILES string of the molecule is CCOc1ccc(S(=O)(=O)NCCC(=O)N2CCCCC2CN)cc1. The van der Waals surface area contributed by atoms with Gasteiger partial charge >= 0.3 is 0 Å². The van der Waals surface area contributed by atoms with Gasteiger partial charge in [0.25, 0.3) is 0 Å². The Balaban J connectivity index is 1.88. The maximum Gasteiger partial charge on any atom is 0.240 e. The van der Waals surface area contributed by atoms with Gasteiger partial charge in [0, 0.05) is 32.1 Å². The third kappa shape index (κ3) is 5.42. The Morgan fingerprint density at radius 2 is 2.04 bits per heavy atom. The van der Waals surface area contributed by atoms with E-state index in [2.05, 4.69) is 4.72 Å². The molecule has 1 aromatic carbocycles. The Hall–Kier alpha value is -1.64. The molecule has 25 heavy (non-hydrogen) atoms. The van der Waals surface area contributed by atoms with Gasteiger partial charge in [-0.05, 0) is 50.5 Å². The van der Waals surface area contributed by atoms with Gasteiger partial charge < -0.3 is 15.4 Å². The number of likely N-dealkylation sites (tertiary alicyclic amines) is 1. The molecule has 0 spiro atoms. The molecule has 1 fully saturated rings. The van der Waals surface area contributed by atoms with Gasteiger partial charge in [0.15, 0.2) is 0 Å². The van der Waals surface area contributed by atoms with Crippen LogP contribution in [0.3, 0.4) is 0 Å². The molecule has 1 unspecified atom stereocenters. The first kappa shape index (κ1) is 19.7. The lowest BCUT2D eigenvalue weighted by molar-refractivity contribution is -0.134. The zero-order valence-corrected chi connectivity index (χ0v) is 15.4. The molecular formula is C17H27N3O4S. The number of rotatable bonds is 8. The smallest absolute Gasteiger partial charge is 0.240 e. The Bertz CT molecular complexity index is 661. The Labute approximate surface area is 149 Å². The lowest BCUT2D eigenvalue weighted by Gasteiger charge is -2.35. The molecule has 1 atom stereocenters. The van der Waals surface area contributed by atoms with Crippen molar-refractivity contribution < 1.29 is 17.9 Å². The molecule has 1 aliphatic heterocycles. The standard InChI is InChI=1S/C17H27N3O4S/c1-2-24-15-6-8-16(9-7-15)25(22,23)19-11-10-17(21)20-12-4-3-5-14(20)13-18/h6-9,14,19H,2-5,10-13,18H2,1H3. The summed E-state index contributed by atoms with van der Waals surface area (Å²) in [6, 6.07) is 6.28. The largest absolute Gasteiger partial charge is 0.494 e. The van der Waals surface area contributed by atoms with E-state index in [0.29, 0.717) is 25.4 Å². The van der Waals surface area contributed by atoms with Crippen LogP contribution in [0.1, 0.15) is 32.6 Å². The number of hydrogen-bond donors (Lipinski definition) is 2. The molecule has 1 aliphatic rings. The molecule has 7 nitrogen and oxygen atoms in total. The van der Waals surface area contributed by atoms with Gasteiger partial charge in [0.2, 0.25) is 15.9 Å². The van der Waals surface area contributed by atoms with Crippen molar-refractivity contribution in [2.75, 3.05) is 26.2 Å². The van der Waals surface area contributed by atoms with Crippen LogP contribution < -0.4 is 15.2 Å². The Morgan fingerprint density at radius 1 is 1.32 bits per heavy atom. The van der Waals surface area contributed by atoms with Crippen molar-refractivity contribution >= 4 is 15.9 Å². The second-order valence-electron chi connectivity index (χ2n) is 6.02. The summed E-state index contributed by atoms with van der Waals surface area (Å²) in [5.41, 5.74) is 5.72. The average molecular weight is 369 g/mol. The van der Waals surface area contributed by atoms with Gasteiger partial charge in [-0.15, -0.1) is 0 Å². The highest BCUT2D eigenvalue weighted by molar-refractivity contribution is 7.89. The molecule has 1 amide bonds. The van der Waals surface area contributed by atoms with E-state index in [0.717, 1.165) is 19.3 Å². The van der Waals surface area contributed by atoms with Crippen molar-refractivity contribution in [3.8, 4) is 5.75 Å². The number of carbonyl (C=O) groups is 1. The summed E-state index contributed by atoms with van der Waals surface area (Å²) in [5, 5.41) is 0. The first-order valence-corrected chi connectivity index (χ1v) is 10.2. The number of carbonyl (C=O) groups excluding carboxylic acids is 1. The minimum absolute atomic E-state index is 0.0513. The number of nitrogens with zero attached hydrogens (tertiary/aromatic N) is 1. The zero-order chi connectivity index (χ0) is 18.3. The fraction of sp³-hybridized carbons (Fsp3) is 0.588. The Morgan fingerprint density at radius 3 is 2.68 bits per heavy atom. The van der Waals surface area contributed by atoms with Crippen molar-refractivity contribution in [2.45, 2.75) is 43.5 Å². The monoisotopic (exact) mass is 369 g/mol. The second-order valence-corrected chi connectivity index (χ2v) is 7.79. The van der Waals surface area contributed by atoms with Crippen molar-refractivity contribution in [3.05, 3.63) is 24.3 Å². The number of piperidine rings is 1. The van der Waals surface area contributed by atoms with Crippen LogP contribution in [0.5, 0.6) is 5.75 Å². The lowest BCUT2D eigenvalue weighted by atomic mass is 10.0. The summed E-state index contributed by atoms with van der Waals surface area (Å²) in [6.07, 6.45) is 3.10. The van der Waals surface area contributed by atoms with E-state index < -0.39 is 10.0 Å². The van der Waals surface area contributed by atoms with Crippen LogP contribution in [-0.2, 0) is 14.8 Å². The summed E-state index contributed by atoms with van der Waals surface area (Å²) in [4.78, 5) is 14.3. The van der Waals surface area contributed by atoms with Gasteiger partial charge in [-0.1, -0.05) is 0 Å². The molecule has 0 aliphatic carbocycles. The summed E-state index contributed by atoms with van der Waals surface area (Å²) < 4.78 is 32.3.